The average molecular weight is 356 g/mol. The molecule has 3 aromatic rings. The molecule has 2 aromatic carbocycles. The van der Waals surface area contributed by atoms with Crippen molar-refractivity contribution >= 4 is 29.0 Å². The van der Waals surface area contributed by atoms with Crippen molar-refractivity contribution < 1.29 is 18.7 Å². The van der Waals surface area contributed by atoms with Crippen LogP contribution in [0.15, 0.2) is 77.4 Å². The highest BCUT2D eigenvalue weighted by atomic mass is 16.5. The number of rotatable bonds is 4. The smallest absolute Gasteiger partial charge is 0.344 e. The van der Waals surface area contributed by atoms with Gasteiger partial charge in [0.05, 0.1) is 11.8 Å². The van der Waals surface area contributed by atoms with Crippen molar-refractivity contribution in [2.24, 2.45) is 0 Å². The monoisotopic (exact) mass is 356 g/mol. The fourth-order valence-electron chi connectivity index (χ4n) is 3.02. The number of allylic oxidation sites excluding steroid dienone is 2. The molecule has 0 N–H and O–H groups in total. The van der Waals surface area contributed by atoms with Gasteiger partial charge in [-0.3, -0.25) is 4.79 Å². The molecule has 0 aliphatic heterocycles. The highest BCUT2D eigenvalue weighted by Crippen LogP contribution is 2.37. The third kappa shape index (κ3) is 3.37. The summed E-state index contributed by atoms with van der Waals surface area (Å²) in [5.74, 6) is 0.631. The van der Waals surface area contributed by atoms with Gasteiger partial charge in [0, 0.05) is 5.56 Å². The molecule has 1 aliphatic carbocycles. The van der Waals surface area contributed by atoms with E-state index < -0.39 is 5.97 Å². The minimum atomic E-state index is -0.444. The van der Waals surface area contributed by atoms with Gasteiger partial charge < -0.3 is 9.15 Å². The van der Waals surface area contributed by atoms with Crippen LogP contribution in [0.5, 0.6) is 5.75 Å². The maximum atomic E-state index is 12.7. The predicted octanol–water partition coefficient (Wildman–Crippen LogP) is 5.03. The Hall–Kier alpha value is -3.66. The SMILES string of the molecule is CC(=O)c1ccc(OC(=O)C2=C/C(=C\c3ccco3)c3ccccc32)cc1. The molecule has 27 heavy (non-hydrogen) atoms. The Bertz CT molecular complexity index is 1070. The maximum absolute atomic E-state index is 12.7. The summed E-state index contributed by atoms with van der Waals surface area (Å²) in [6, 6.07) is 17.9. The molecule has 0 radical (unpaired) electrons. The predicted molar refractivity (Wildman–Crippen MR) is 103 cm³/mol. The van der Waals surface area contributed by atoms with Gasteiger partial charge in [0.1, 0.15) is 11.5 Å². The van der Waals surface area contributed by atoms with Gasteiger partial charge in [-0.25, -0.2) is 4.79 Å². The molecule has 0 spiro atoms. The van der Waals surface area contributed by atoms with Crippen LogP contribution < -0.4 is 4.74 Å². The number of fused-ring (bicyclic) bond motifs is 1. The molecule has 0 saturated heterocycles. The minimum absolute atomic E-state index is 0.0342. The summed E-state index contributed by atoms with van der Waals surface area (Å²) in [5, 5.41) is 0. The molecule has 4 nitrogen and oxygen atoms in total. The molecule has 132 valence electrons. The van der Waals surface area contributed by atoms with Crippen LogP contribution in [0.25, 0.3) is 17.2 Å². The first-order valence-corrected chi connectivity index (χ1v) is 8.52. The Morgan fingerprint density at radius 3 is 2.33 bits per heavy atom. The van der Waals surface area contributed by atoms with E-state index in [1.165, 1.54) is 6.92 Å². The van der Waals surface area contributed by atoms with Crippen LogP contribution in [0.3, 0.4) is 0 Å². The second-order valence-electron chi connectivity index (χ2n) is 6.19. The van der Waals surface area contributed by atoms with Gasteiger partial charge in [-0.15, -0.1) is 0 Å². The molecular weight excluding hydrogens is 340 g/mol. The van der Waals surface area contributed by atoms with E-state index >= 15 is 0 Å². The molecule has 4 heteroatoms. The molecule has 0 saturated carbocycles. The highest BCUT2D eigenvalue weighted by molar-refractivity contribution is 6.24. The first-order chi connectivity index (χ1) is 13.1. The summed E-state index contributed by atoms with van der Waals surface area (Å²) in [5.41, 5.74) is 3.72. The van der Waals surface area contributed by atoms with E-state index in [0.717, 1.165) is 16.7 Å². The van der Waals surface area contributed by atoms with Gasteiger partial charge in [0.15, 0.2) is 5.78 Å². The van der Waals surface area contributed by atoms with E-state index in [4.69, 9.17) is 9.15 Å². The van der Waals surface area contributed by atoms with Gasteiger partial charge in [-0.2, -0.15) is 0 Å². The minimum Gasteiger partial charge on any atom is -0.465 e. The van der Waals surface area contributed by atoms with Gasteiger partial charge in [0.25, 0.3) is 0 Å². The van der Waals surface area contributed by atoms with Gasteiger partial charge in [0.2, 0.25) is 0 Å². The number of benzene rings is 2. The van der Waals surface area contributed by atoms with Crippen molar-refractivity contribution in [3.05, 3.63) is 95.5 Å². The fraction of sp³-hybridized carbons (Fsp3) is 0.0435. The number of ketones is 1. The van der Waals surface area contributed by atoms with Crippen molar-refractivity contribution in [1.29, 1.82) is 0 Å². The van der Waals surface area contributed by atoms with Crippen LogP contribution in [0.4, 0.5) is 0 Å². The maximum Gasteiger partial charge on any atom is 0.344 e. The molecule has 0 fully saturated rings. The number of ether oxygens (including phenoxy) is 1. The largest absolute Gasteiger partial charge is 0.465 e. The zero-order valence-corrected chi connectivity index (χ0v) is 14.6. The zero-order valence-electron chi connectivity index (χ0n) is 14.6. The molecule has 0 amide bonds. The number of esters is 1. The van der Waals surface area contributed by atoms with Crippen molar-refractivity contribution in [3.63, 3.8) is 0 Å². The normalized spacial score (nSPS) is 14.0. The summed E-state index contributed by atoms with van der Waals surface area (Å²) in [7, 11) is 0. The summed E-state index contributed by atoms with van der Waals surface area (Å²) >= 11 is 0. The van der Waals surface area contributed by atoms with Crippen LogP contribution >= 0.6 is 0 Å². The molecule has 0 atom stereocenters. The molecule has 1 heterocycles. The van der Waals surface area contributed by atoms with Crippen LogP contribution in [0.1, 0.15) is 34.2 Å². The zero-order chi connectivity index (χ0) is 18.8. The number of furan rings is 1. The fourth-order valence-corrected chi connectivity index (χ4v) is 3.02. The van der Waals surface area contributed by atoms with Crippen molar-refractivity contribution in [2.75, 3.05) is 0 Å². The quantitative estimate of drug-likeness (QED) is 0.374. The lowest BCUT2D eigenvalue weighted by Gasteiger charge is -2.07. The Balaban J connectivity index is 1.64. The van der Waals surface area contributed by atoms with E-state index in [9.17, 15) is 9.59 Å². The van der Waals surface area contributed by atoms with Crippen LogP contribution in [-0.4, -0.2) is 11.8 Å². The van der Waals surface area contributed by atoms with Crippen LogP contribution in [0, 0.1) is 0 Å². The van der Waals surface area contributed by atoms with E-state index in [2.05, 4.69) is 0 Å². The summed E-state index contributed by atoms with van der Waals surface area (Å²) < 4.78 is 10.9. The van der Waals surface area contributed by atoms with Gasteiger partial charge in [-0.05, 0) is 72.2 Å². The number of carbonyl (C=O) groups is 2. The summed E-state index contributed by atoms with van der Waals surface area (Å²) in [6.07, 6.45) is 5.30. The molecule has 1 aliphatic rings. The van der Waals surface area contributed by atoms with Crippen LogP contribution in [-0.2, 0) is 4.79 Å². The Morgan fingerprint density at radius 2 is 1.67 bits per heavy atom. The van der Waals surface area contributed by atoms with E-state index in [1.807, 2.05) is 42.5 Å². The average Bonchev–Trinajstić information content (AvgIpc) is 3.31. The second-order valence-corrected chi connectivity index (χ2v) is 6.19. The number of Topliss-reactive ketones (excluding diaryl/α,β-unsaturated/α-hetero) is 1. The first-order valence-electron chi connectivity index (χ1n) is 8.52. The Kier molecular flexibility index (Phi) is 4.30. The molecule has 0 unspecified atom stereocenters. The first kappa shape index (κ1) is 16.8. The van der Waals surface area contributed by atoms with Gasteiger partial charge >= 0.3 is 5.97 Å². The Morgan fingerprint density at radius 1 is 0.926 bits per heavy atom. The number of carbonyl (C=O) groups excluding carboxylic acids is 2. The van der Waals surface area contributed by atoms with E-state index in [0.29, 0.717) is 22.6 Å². The van der Waals surface area contributed by atoms with E-state index in [-0.39, 0.29) is 5.78 Å². The van der Waals surface area contributed by atoms with Gasteiger partial charge in [-0.1, -0.05) is 24.3 Å². The summed E-state index contributed by atoms with van der Waals surface area (Å²) in [6.45, 7) is 1.49. The summed E-state index contributed by atoms with van der Waals surface area (Å²) in [4.78, 5) is 24.1. The topological polar surface area (TPSA) is 56.5 Å². The lowest BCUT2D eigenvalue weighted by Crippen LogP contribution is -2.09. The van der Waals surface area contributed by atoms with Crippen molar-refractivity contribution in [2.45, 2.75) is 6.92 Å². The van der Waals surface area contributed by atoms with Crippen molar-refractivity contribution in [1.82, 2.24) is 0 Å². The lowest BCUT2D eigenvalue weighted by molar-refractivity contribution is -0.127. The third-order valence-electron chi connectivity index (χ3n) is 4.36. The third-order valence-corrected chi connectivity index (χ3v) is 4.36. The highest BCUT2D eigenvalue weighted by Gasteiger charge is 2.25. The molecule has 1 aromatic heterocycles. The Labute approximate surface area is 156 Å². The molecule has 4 rings (SSSR count). The standard InChI is InChI=1S/C23H16O4/c1-15(24)16-8-10-18(11-9-16)27-23(25)22-14-17(13-19-5-4-12-26-19)20-6-2-3-7-21(20)22/h2-14H,1H3/b17-13+. The molecular formula is C23H16O4. The van der Waals surface area contributed by atoms with Crippen LogP contribution in [0.2, 0.25) is 0 Å². The number of hydrogen-bond donors (Lipinski definition) is 0. The second kappa shape index (κ2) is 6.92. The van der Waals surface area contributed by atoms with Crippen molar-refractivity contribution in [3.8, 4) is 5.75 Å². The lowest BCUT2D eigenvalue weighted by atomic mass is 10.0. The molecule has 0 bridgehead atoms. The number of hydrogen-bond acceptors (Lipinski definition) is 4. The van der Waals surface area contributed by atoms with E-state index in [1.54, 1.807) is 36.6 Å².